The van der Waals surface area contributed by atoms with Crippen LogP contribution in [0, 0.1) is 0 Å². The van der Waals surface area contributed by atoms with Gasteiger partial charge in [-0.25, -0.2) is 4.98 Å². The van der Waals surface area contributed by atoms with Gasteiger partial charge in [-0.05, 0) is 23.6 Å². The summed E-state index contributed by atoms with van der Waals surface area (Å²) < 4.78 is 11.6. The Kier molecular flexibility index (Phi) is 4.19. The molecule has 0 bridgehead atoms. The average molecular weight is 380 g/mol. The molecule has 1 aromatic carbocycles. The molecule has 0 radical (unpaired) electrons. The minimum Gasteiger partial charge on any atom is -0.347 e. The topological polar surface area (TPSA) is 51.7 Å². The van der Waals surface area contributed by atoms with Crippen LogP contribution < -0.4 is 0 Å². The molecule has 2 aliphatic heterocycles. The number of carbonyl (C=O) groups excluding carboxylic acids is 1. The lowest BCUT2D eigenvalue weighted by molar-refractivity contribution is -0.181. The van der Waals surface area contributed by atoms with Crippen molar-refractivity contribution in [2.45, 2.75) is 18.6 Å². The number of piperidine rings is 1. The van der Waals surface area contributed by atoms with Gasteiger partial charge >= 0.3 is 0 Å². The van der Waals surface area contributed by atoms with E-state index in [9.17, 15) is 4.79 Å². The Bertz CT molecular complexity index is 970. The standard InChI is InChI=1S/C21H20N2O3S/c24-20(23-8-6-21(7-9-23)25-10-11-26-21)17-13-19(15-5-12-27-14-15)22-18-4-2-1-3-16(17)18/h1-5,12-14H,6-11H2. The molecule has 2 fully saturated rings. The maximum absolute atomic E-state index is 13.4. The van der Waals surface area contributed by atoms with Crippen LogP contribution in [0.25, 0.3) is 22.2 Å². The first-order valence-electron chi connectivity index (χ1n) is 9.24. The predicted molar refractivity (Wildman–Crippen MR) is 105 cm³/mol. The summed E-state index contributed by atoms with van der Waals surface area (Å²) in [5, 5.41) is 4.99. The highest BCUT2D eigenvalue weighted by molar-refractivity contribution is 7.08. The van der Waals surface area contributed by atoms with E-state index in [2.05, 4.69) is 5.38 Å². The van der Waals surface area contributed by atoms with Crippen LogP contribution in [0.4, 0.5) is 0 Å². The maximum Gasteiger partial charge on any atom is 0.254 e. The van der Waals surface area contributed by atoms with E-state index in [-0.39, 0.29) is 5.91 Å². The molecule has 6 heteroatoms. The minimum absolute atomic E-state index is 0.0536. The lowest BCUT2D eigenvalue weighted by Crippen LogP contribution is -2.47. The van der Waals surface area contributed by atoms with Gasteiger partial charge in [0.15, 0.2) is 5.79 Å². The third-order valence-electron chi connectivity index (χ3n) is 5.39. The second-order valence-corrected chi connectivity index (χ2v) is 7.76. The molecule has 2 aliphatic rings. The zero-order chi connectivity index (χ0) is 18.3. The fourth-order valence-electron chi connectivity index (χ4n) is 3.92. The molecule has 2 aromatic heterocycles. The van der Waals surface area contributed by atoms with Crippen LogP contribution in [0.15, 0.2) is 47.2 Å². The number of ether oxygens (including phenoxy) is 2. The van der Waals surface area contributed by atoms with Crippen molar-refractivity contribution in [1.82, 2.24) is 9.88 Å². The van der Waals surface area contributed by atoms with Gasteiger partial charge in [0.2, 0.25) is 0 Å². The number of pyridine rings is 1. The monoisotopic (exact) mass is 380 g/mol. The van der Waals surface area contributed by atoms with Crippen LogP contribution in [0.3, 0.4) is 0 Å². The summed E-state index contributed by atoms with van der Waals surface area (Å²) in [6.45, 7) is 2.58. The number of likely N-dealkylation sites (tertiary alicyclic amines) is 1. The van der Waals surface area contributed by atoms with E-state index < -0.39 is 5.79 Å². The fraction of sp³-hybridized carbons (Fsp3) is 0.333. The summed E-state index contributed by atoms with van der Waals surface area (Å²) in [6, 6.07) is 11.8. The lowest BCUT2D eigenvalue weighted by Gasteiger charge is -2.37. The van der Waals surface area contributed by atoms with E-state index in [0.717, 1.165) is 35.0 Å². The Morgan fingerprint density at radius 2 is 1.89 bits per heavy atom. The molecule has 0 atom stereocenters. The summed E-state index contributed by atoms with van der Waals surface area (Å²) >= 11 is 1.63. The molecule has 1 spiro atoms. The molecule has 0 N–H and O–H groups in total. The van der Waals surface area contributed by atoms with Gasteiger partial charge in [0.05, 0.1) is 30.0 Å². The van der Waals surface area contributed by atoms with E-state index >= 15 is 0 Å². The molecule has 3 aromatic rings. The molecule has 1 amide bonds. The molecule has 2 saturated heterocycles. The van der Waals surface area contributed by atoms with Gasteiger partial charge < -0.3 is 14.4 Å². The third kappa shape index (κ3) is 3.04. The first-order valence-corrected chi connectivity index (χ1v) is 10.2. The summed E-state index contributed by atoms with van der Waals surface area (Å²) in [7, 11) is 0. The minimum atomic E-state index is -0.473. The highest BCUT2D eigenvalue weighted by atomic mass is 32.1. The quantitative estimate of drug-likeness (QED) is 0.676. The molecule has 5 nitrogen and oxygen atoms in total. The van der Waals surface area contributed by atoms with Crippen molar-refractivity contribution in [3.8, 4) is 11.3 Å². The molecular weight excluding hydrogens is 360 g/mol. The van der Waals surface area contributed by atoms with Gasteiger partial charge in [-0.3, -0.25) is 4.79 Å². The normalized spacial score (nSPS) is 19.0. The van der Waals surface area contributed by atoms with Crippen LogP contribution in [0.2, 0.25) is 0 Å². The molecule has 0 saturated carbocycles. The Morgan fingerprint density at radius 1 is 1.11 bits per heavy atom. The zero-order valence-electron chi connectivity index (χ0n) is 14.9. The highest BCUT2D eigenvalue weighted by Crippen LogP contribution is 2.33. The maximum atomic E-state index is 13.4. The number of hydrogen-bond acceptors (Lipinski definition) is 5. The molecule has 27 heavy (non-hydrogen) atoms. The number of nitrogens with zero attached hydrogens (tertiary/aromatic N) is 2. The third-order valence-corrected chi connectivity index (χ3v) is 6.07. The smallest absolute Gasteiger partial charge is 0.254 e. The second-order valence-electron chi connectivity index (χ2n) is 6.98. The molecule has 4 heterocycles. The van der Waals surface area contributed by atoms with Crippen molar-refractivity contribution in [3.63, 3.8) is 0 Å². The second kappa shape index (κ2) is 6.71. The number of hydrogen-bond donors (Lipinski definition) is 0. The van der Waals surface area contributed by atoms with Crippen molar-refractivity contribution in [2.24, 2.45) is 0 Å². The first kappa shape index (κ1) is 16.9. The van der Waals surface area contributed by atoms with Gasteiger partial charge in [0.25, 0.3) is 5.91 Å². The largest absolute Gasteiger partial charge is 0.347 e. The van der Waals surface area contributed by atoms with Crippen LogP contribution in [0.1, 0.15) is 23.2 Å². The SMILES string of the molecule is O=C(c1cc(-c2ccsc2)nc2ccccc12)N1CCC2(CC1)OCCO2. The summed E-state index contributed by atoms with van der Waals surface area (Å²) in [5.41, 5.74) is 3.45. The molecule has 0 aliphatic carbocycles. The Morgan fingerprint density at radius 3 is 2.63 bits per heavy atom. The Hall–Kier alpha value is -2.28. The van der Waals surface area contributed by atoms with E-state index in [4.69, 9.17) is 14.5 Å². The number of amides is 1. The number of fused-ring (bicyclic) bond motifs is 1. The van der Waals surface area contributed by atoms with Gasteiger partial charge in [-0.2, -0.15) is 11.3 Å². The zero-order valence-corrected chi connectivity index (χ0v) is 15.7. The van der Waals surface area contributed by atoms with Crippen LogP contribution in [-0.4, -0.2) is 47.9 Å². The van der Waals surface area contributed by atoms with Crippen LogP contribution in [0.5, 0.6) is 0 Å². The molecule has 138 valence electrons. The highest BCUT2D eigenvalue weighted by Gasteiger charge is 2.41. The van der Waals surface area contributed by atoms with E-state index in [0.29, 0.717) is 31.9 Å². The van der Waals surface area contributed by atoms with Crippen LogP contribution in [-0.2, 0) is 9.47 Å². The number of carbonyl (C=O) groups is 1. The molecule has 5 rings (SSSR count). The van der Waals surface area contributed by atoms with Gasteiger partial charge in [-0.15, -0.1) is 0 Å². The predicted octanol–water partition coefficient (Wildman–Crippen LogP) is 3.94. The number of aromatic nitrogens is 1. The molecular formula is C21H20N2O3S. The van der Waals surface area contributed by atoms with Crippen molar-refractivity contribution < 1.29 is 14.3 Å². The molecule has 0 unspecified atom stereocenters. The Balaban J connectivity index is 1.49. The van der Waals surface area contributed by atoms with Crippen LogP contribution >= 0.6 is 11.3 Å². The number of para-hydroxylation sites is 1. The van der Waals surface area contributed by atoms with Crippen molar-refractivity contribution in [2.75, 3.05) is 26.3 Å². The van der Waals surface area contributed by atoms with Gasteiger partial charge in [-0.1, -0.05) is 18.2 Å². The van der Waals surface area contributed by atoms with E-state index in [1.165, 1.54) is 0 Å². The first-order chi connectivity index (χ1) is 13.2. The summed E-state index contributed by atoms with van der Waals surface area (Å²) in [4.78, 5) is 20.0. The summed E-state index contributed by atoms with van der Waals surface area (Å²) in [6.07, 6.45) is 1.44. The number of benzene rings is 1. The van der Waals surface area contributed by atoms with E-state index in [1.807, 2.05) is 46.7 Å². The van der Waals surface area contributed by atoms with Gasteiger partial charge in [0.1, 0.15) is 0 Å². The lowest BCUT2D eigenvalue weighted by atomic mass is 10.0. The Labute approximate surface area is 161 Å². The average Bonchev–Trinajstić information content (AvgIpc) is 3.40. The summed E-state index contributed by atoms with van der Waals surface area (Å²) in [5.74, 6) is -0.420. The number of rotatable bonds is 2. The fourth-order valence-corrected chi connectivity index (χ4v) is 4.57. The van der Waals surface area contributed by atoms with Gasteiger partial charge in [0, 0.05) is 42.3 Å². The number of thiophene rings is 1. The van der Waals surface area contributed by atoms with E-state index in [1.54, 1.807) is 11.3 Å². The van der Waals surface area contributed by atoms with Crippen molar-refractivity contribution >= 4 is 28.1 Å². The van der Waals surface area contributed by atoms with Crippen molar-refractivity contribution in [3.05, 3.63) is 52.7 Å². The van der Waals surface area contributed by atoms with Crippen molar-refractivity contribution in [1.29, 1.82) is 0 Å².